The highest BCUT2D eigenvalue weighted by molar-refractivity contribution is 6.34. The Labute approximate surface area is 126 Å². The molecule has 1 heterocycles. The van der Waals surface area contributed by atoms with Crippen molar-refractivity contribution in [1.29, 1.82) is 5.26 Å². The molecule has 102 valence electrons. The van der Waals surface area contributed by atoms with Crippen LogP contribution >= 0.6 is 23.2 Å². The van der Waals surface area contributed by atoms with Gasteiger partial charge in [0.25, 0.3) is 0 Å². The number of hydrogen-bond donors (Lipinski definition) is 2. The molecule has 0 saturated heterocycles. The minimum atomic E-state index is 0.382. The largest absolute Gasteiger partial charge is 0.354 e. The van der Waals surface area contributed by atoms with Crippen molar-refractivity contribution in [2.75, 3.05) is 17.2 Å². The summed E-state index contributed by atoms with van der Waals surface area (Å²) in [7, 11) is 0. The Kier molecular flexibility index (Phi) is 4.61. The van der Waals surface area contributed by atoms with Crippen molar-refractivity contribution >= 4 is 40.7 Å². The molecule has 20 heavy (non-hydrogen) atoms. The van der Waals surface area contributed by atoms with Crippen molar-refractivity contribution in [3.63, 3.8) is 0 Å². The Morgan fingerprint density at radius 2 is 2.10 bits per heavy atom. The fourth-order valence-electron chi connectivity index (χ4n) is 1.51. The van der Waals surface area contributed by atoms with Gasteiger partial charge in [0, 0.05) is 6.54 Å². The standard InChI is InChI=1S/C13H11Cl2N5/c1-2-17-13-18-7-10(15)12(20-13)19-11-4-3-8(6-16)5-9(11)14/h3-5,7H,2H2,1H3,(H2,17,18,19,20). The molecule has 1 aromatic carbocycles. The maximum atomic E-state index is 8.80. The Morgan fingerprint density at radius 3 is 2.75 bits per heavy atom. The summed E-state index contributed by atoms with van der Waals surface area (Å²) in [4.78, 5) is 8.30. The second-order valence-electron chi connectivity index (χ2n) is 3.85. The number of rotatable bonds is 4. The first kappa shape index (κ1) is 14.4. The van der Waals surface area contributed by atoms with Crippen molar-refractivity contribution in [2.45, 2.75) is 6.92 Å². The first-order chi connectivity index (χ1) is 9.63. The lowest BCUT2D eigenvalue weighted by Crippen LogP contribution is -2.04. The number of nitrogens with one attached hydrogen (secondary N) is 2. The highest BCUT2D eigenvalue weighted by Gasteiger charge is 2.08. The number of benzene rings is 1. The summed E-state index contributed by atoms with van der Waals surface area (Å²) in [5.74, 6) is 0.924. The van der Waals surface area contributed by atoms with E-state index >= 15 is 0 Å². The lowest BCUT2D eigenvalue weighted by atomic mass is 10.2. The van der Waals surface area contributed by atoms with Gasteiger partial charge >= 0.3 is 0 Å². The van der Waals surface area contributed by atoms with Gasteiger partial charge in [0.15, 0.2) is 5.82 Å². The van der Waals surface area contributed by atoms with Crippen LogP contribution < -0.4 is 10.6 Å². The zero-order valence-electron chi connectivity index (χ0n) is 10.6. The van der Waals surface area contributed by atoms with Gasteiger partial charge in [-0.3, -0.25) is 0 Å². The molecule has 0 bridgehead atoms. The molecule has 0 fully saturated rings. The minimum absolute atomic E-state index is 0.382. The third kappa shape index (κ3) is 3.29. The predicted molar refractivity (Wildman–Crippen MR) is 80.7 cm³/mol. The van der Waals surface area contributed by atoms with Crippen LogP contribution in [0.15, 0.2) is 24.4 Å². The second kappa shape index (κ2) is 6.42. The van der Waals surface area contributed by atoms with Crippen LogP contribution in [0.4, 0.5) is 17.5 Å². The van der Waals surface area contributed by atoms with Crippen LogP contribution in [0.3, 0.4) is 0 Å². The zero-order valence-corrected chi connectivity index (χ0v) is 12.1. The molecule has 7 heteroatoms. The van der Waals surface area contributed by atoms with E-state index in [0.717, 1.165) is 0 Å². The average molecular weight is 308 g/mol. The smallest absolute Gasteiger partial charge is 0.224 e. The van der Waals surface area contributed by atoms with Crippen molar-refractivity contribution in [3.8, 4) is 6.07 Å². The molecule has 0 unspecified atom stereocenters. The van der Waals surface area contributed by atoms with Gasteiger partial charge < -0.3 is 10.6 Å². The van der Waals surface area contributed by atoms with Gasteiger partial charge in [0.2, 0.25) is 5.95 Å². The number of anilines is 3. The van der Waals surface area contributed by atoms with Gasteiger partial charge in [-0.25, -0.2) is 4.98 Å². The van der Waals surface area contributed by atoms with Crippen molar-refractivity contribution in [1.82, 2.24) is 9.97 Å². The van der Waals surface area contributed by atoms with E-state index < -0.39 is 0 Å². The van der Waals surface area contributed by atoms with Crippen LogP contribution in [0.1, 0.15) is 12.5 Å². The molecular weight excluding hydrogens is 297 g/mol. The molecule has 0 radical (unpaired) electrons. The van der Waals surface area contributed by atoms with Gasteiger partial charge in [-0.05, 0) is 25.1 Å². The molecule has 0 amide bonds. The van der Waals surface area contributed by atoms with Gasteiger partial charge in [-0.2, -0.15) is 10.2 Å². The Balaban J connectivity index is 2.30. The van der Waals surface area contributed by atoms with Crippen molar-refractivity contribution in [2.24, 2.45) is 0 Å². The highest BCUT2D eigenvalue weighted by Crippen LogP contribution is 2.29. The summed E-state index contributed by atoms with van der Waals surface area (Å²) in [5.41, 5.74) is 1.11. The van der Waals surface area contributed by atoms with Crippen LogP contribution in [0, 0.1) is 11.3 Å². The topological polar surface area (TPSA) is 73.6 Å². The van der Waals surface area contributed by atoms with E-state index in [9.17, 15) is 0 Å². The third-order valence-corrected chi connectivity index (χ3v) is 3.02. The van der Waals surface area contributed by atoms with E-state index in [1.807, 2.05) is 13.0 Å². The molecule has 1 aromatic heterocycles. The van der Waals surface area contributed by atoms with E-state index in [1.54, 1.807) is 18.2 Å². The fraction of sp³-hybridized carbons (Fsp3) is 0.154. The highest BCUT2D eigenvalue weighted by atomic mass is 35.5. The summed E-state index contributed by atoms with van der Waals surface area (Å²) in [6.07, 6.45) is 1.51. The molecule has 0 saturated carbocycles. The predicted octanol–water partition coefficient (Wildman–Crippen LogP) is 3.83. The quantitative estimate of drug-likeness (QED) is 0.898. The first-order valence-corrected chi connectivity index (χ1v) is 6.62. The first-order valence-electron chi connectivity index (χ1n) is 5.87. The molecule has 2 aromatic rings. The Hall–Kier alpha value is -2.03. The maximum absolute atomic E-state index is 8.80. The lowest BCUT2D eigenvalue weighted by Gasteiger charge is -2.10. The van der Waals surface area contributed by atoms with Gasteiger partial charge in [0.05, 0.1) is 28.5 Å². The molecule has 2 rings (SSSR count). The molecule has 0 aliphatic rings. The van der Waals surface area contributed by atoms with E-state index in [0.29, 0.717) is 39.6 Å². The van der Waals surface area contributed by atoms with Crippen LogP contribution in [-0.2, 0) is 0 Å². The minimum Gasteiger partial charge on any atom is -0.354 e. The van der Waals surface area contributed by atoms with Crippen LogP contribution in [0.5, 0.6) is 0 Å². The van der Waals surface area contributed by atoms with Gasteiger partial charge in [-0.1, -0.05) is 23.2 Å². The zero-order chi connectivity index (χ0) is 14.5. The number of nitriles is 1. The van der Waals surface area contributed by atoms with Crippen LogP contribution in [0.25, 0.3) is 0 Å². The fourth-order valence-corrected chi connectivity index (χ4v) is 1.88. The summed E-state index contributed by atoms with van der Waals surface area (Å²) in [6, 6.07) is 6.96. The van der Waals surface area contributed by atoms with Crippen molar-refractivity contribution < 1.29 is 0 Å². The number of halogens is 2. The molecule has 2 N–H and O–H groups in total. The maximum Gasteiger partial charge on any atom is 0.224 e. The normalized spacial score (nSPS) is 9.90. The van der Waals surface area contributed by atoms with E-state index in [-0.39, 0.29) is 0 Å². The summed E-state index contributed by atoms with van der Waals surface area (Å²) >= 11 is 12.1. The molecule has 5 nitrogen and oxygen atoms in total. The van der Waals surface area contributed by atoms with E-state index in [1.165, 1.54) is 6.20 Å². The summed E-state index contributed by atoms with van der Waals surface area (Å²) < 4.78 is 0. The lowest BCUT2D eigenvalue weighted by molar-refractivity contribution is 1.09. The molecule has 0 spiro atoms. The van der Waals surface area contributed by atoms with E-state index in [2.05, 4.69) is 20.6 Å². The Morgan fingerprint density at radius 1 is 1.30 bits per heavy atom. The Bertz CT molecular complexity index is 666. The van der Waals surface area contributed by atoms with Gasteiger partial charge in [0.1, 0.15) is 5.02 Å². The second-order valence-corrected chi connectivity index (χ2v) is 4.67. The molecule has 0 aliphatic carbocycles. The molecular formula is C13H11Cl2N5. The number of hydrogen-bond acceptors (Lipinski definition) is 5. The summed E-state index contributed by atoms with van der Waals surface area (Å²) in [6.45, 7) is 2.65. The SMILES string of the molecule is CCNc1ncc(Cl)c(Nc2ccc(C#N)cc2Cl)n1. The third-order valence-electron chi connectivity index (χ3n) is 2.43. The number of aromatic nitrogens is 2. The van der Waals surface area contributed by atoms with Crippen molar-refractivity contribution in [3.05, 3.63) is 40.0 Å². The molecule has 0 aliphatic heterocycles. The number of nitrogens with zero attached hydrogens (tertiary/aromatic N) is 3. The summed E-state index contributed by atoms with van der Waals surface area (Å²) in [5, 5.41) is 15.6. The van der Waals surface area contributed by atoms with Crippen LogP contribution in [0.2, 0.25) is 10.0 Å². The van der Waals surface area contributed by atoms with Gasteiger partial charge in [-0.15, -0.1) is 0 Å². The monoisotopic (exact) mass is 307 g/mol. The molecule has 0 atom stereocenters. The average Bonchev–Trinajstić information content (AvgIpc) is 2.44. The van der Waals surface area contributed by atoms with E-state index in [4.69, 9.17) is 28.5 Å². The van der Waals surface area contributed by atoms with Crippen LogP contribution in [-0.4, -0.2) is 16.5 Å².